The molecule has 0 heterocycles. The second-order valence-electron chi connectivity index (χ2n) is 5.49. The number of nitrogens with zero attached hydrogens (tertiary/aromatic N) is 1. The minimum atomic E-state index is -2.85. The maximum absolute atomic E-state index is 13.2. The molecule has 0 atom stereocenters. The maximum atomic E-state index is 13.2. The van der Waals surface area contributed by atoms with Gasteiger partial charge in [0.15, 0.2) is 0 Å². The molecule has 0 spiro atoms. The van der Waals surface area contributed by atoms with Gasteiger partial charge in [-0.2, -0.15) is 0 Å². The van der Waals surface area contributed by atoms with Crippen molar-refractivity contribution in [2.75, 3.05) is 0 Å². The van der Waals surface area contributed by atoms with Crippen molar-refractivity contribution in [2.24, 2.45) is 10.7 Å². The number of aromatic hydroxyl groups is 1. The number of halogens is 2. The number of aryl methyl sites for hydroxylation is 1. The zero-order valence-corrected chi connectivity index (χ0v) is 13.2. The highest BCUT2D eigenvalue weighted by Crippen LogP contribution is 2.27. The van der Waals surface area contributed by atoms with E-state index in [4.69, 9.17) is 5.73 Å². The van der Waals surface area contributed by atoms with E-state index >= 15 is 0 Å². The summed E-state index contributed by atoms with van der Waals surface area (Å²) in [5, 5.41) is 9.88. The molecule has 0 aliphatic heterocycles. The molecule has 0 radical (unpaired) electrons. The Kier molecular flexibility index (Phi) is 4.98. The van der Waals surface area contributed by atoms with E-state index in [2.05, 4.69) is 4.99 Å². The number of phenolic OH excluding ortho intramolecular Hbond substituents is 1. The number of hydrogen-bond donors (Lipinski definition) is 2. The van der Waals surface area contributed by atoms with Crippen LogP contribution in [0.1, 0.15) is 36.1 Å². The Hall–Kier alpha value is -2.43. The quantitative estimate of drug-likeness (QED) is 0.647. The van der Waals surface area contributed by atoms with Crippen LogP contribution in [0.4, 0.5) is 8.78 Å². The number of nitrogens with two attached hydrogens (primary N) is 1. The van der Waals surface area contributed by atoms with Gasteiger partial charge < -0.3 is 10.8 Å². The molecule has 0 aromatic heterocycles. The molecule has 0 saturated carbocycles. The van der Waals surface area contributed by atoms with Crippen LogP contribution in [0.15, 0.2) is 47.5 Å². The first-order valence-electron chi connectivity index (χ1n) is 7.40. The third kappa shape index (κ3) is 4.28. The fourth-order valence-corrected chi connectivity index (χ4v) is 2.17. The van der Waals surface area contributed by atoms with Gasteiger partial charge in [-0.05, 0) is 29.7 Å². The molecule has 5 heteroatoms. The van der Waals surface area contributed by atoms with E-state index in [-0.39, 0.29) is 23.7 Å². The van der Waals surface area contributed by atoms with Gasteiger partial charge in [-0.15, -0.1) is 0 Å². The van der Waals surface area contributed by atoms with Crippen LogP contribution < -0.4 is 5.73 Å². The fraction of sp³-hybridized carbons (Fsp3) is 0.278. The van der Waals surface area contributed by atoms with Crippen molar-refractivity contribution < 1.29 is 13.9 Å². The topological polar surface area (TPSA) is 58.6 Å². The van der Waals surface area contributed by atoms with Gasteiger partial charge in [0, 0.05) is 12.5 Å². The number of rotatable bonds is 5. The lowest BCUT2D eigenvalue weighted by molar-refractivity contribution is 0.0174. The van der Waals surface area contributed by atoms with Crippen molar-refractivity contribution in [2.45, 2.75) is 32.7 Å². The number of benzene rings is 2. The van der Waals surface area contributed by atoms with Crippen LogP contribution in [0.25, 0.3) is 0 Å². The van der Waals surface area contributed by atoms with Gasteiger partial charge in [0.2, 0.25) is 0 Å². The van der Waals surface area contributed by atoms with Crippen LogP contribution >= 0.6 is 0 Å². The number of phenols is 1. The molecule has 0 aliphatic rings. The molecule has 0 aliphatic carbocycles. The molecule has 0 bridgehead atoms. The third-order valence-electron chi connectivity index (χ3n) is 3.64. The summed E-state index contributed by atoms with van der Waals surface area (Å²) >= 11 is 0. The predicted octanol–water partition coefficient (Wildman–Crippen LogP) is 3.97. The molecule has 0 fully saturated rings. The Labute approximate surface area is 134 Å². The molecule has 2 aromatic rings. The summed E-state index contributed by atoms with van der Waals surface area (Å²) < 4.78 is 26.3. The van der Waals surface area contributed by atoms with Gasteiger partial charge in [-0.1, -0.05) is 37.3 Å². The van der Waals surface area contributed by atoms with E-state index in [1.54, 1.807) is 24.3 Å². The Bertz CT molecular complexity index is 704. The minimum Gasteiger partial charge on any atom is -0.507 e. The molecule has 3 nitrogen and oxygen atoms in total. The van der Waals surface area contributed by atoms with Gasteiger partial charge >= 0.3 is 0 Å². The number of amidine groups is 1. The molecule has 122 valence electrons. The Morgan fingerprint density at radius 1 is 1.13 bits per heavy atom. The monoisotopic (exact) mass is 318 g/mol. The van der Waals surface area contributed by atoms with Gasteiger partial charge in [-0.25, -0.2) is 8.78 Å². The summed E-state index contributed by atoms with van der Waals surface area (Å²) in [6.07, 6.45) is 0.827. The van der Waals surface area contributed by atoms with Gasteiger partial charge in [0.1, 0.15) is 11.6 Å². The molecule has 2 rings (SSSR count). The predicted molar refractivity (Wildman–Crippen MR) is 87.9 cm³/mol. The molecule has 2 aromatic carbocycles. The Morgan fingerprint density at radius 3 is 2.30 bits per heavy atom. The van der Waals surface area contributed by atoms with Crippen molar-refractivity contribution >= 4 is 5.84 Å². The molecule has 0 unspecified atom stereocenters. The summed E-state index contributed by atoms with van der Waals surface area (Å²) in [4.78, 5) is 4.24. The molecular weight excluding hydrogens is 298 g/mol. The lowest BCUT2D eigenvalue weighted by atomic mass is 10.1. The van der Waals surface area contributed by atoms with Crippen LogP contribution in [-0.4, -0.2) is 10.9 Å². The summed E-state index contributed by atoms with van der Waals surface area (Å²) in [5.41, 5.74) is 8.21. The highest BCUT2D eigenvalue weighted by molar-refractivity contribution is 6.00. The van der Waals surface area contributed by atoms with Crippen molar-refractivity contribution in [3.8, 4) is 5.75 Å². The van der Waals surface area contributed by atoms with E-state index in [0.717, 1.165) is 24.5 Å². The van der Waals surface area contributed by atoms with Crippen molar-refractivity contribution in [1.29, 1.82) is 0 Å². The third-order valence-corrected chi connectivity index (χ3v) is 3.64. The summed E-state index contributed by atoms with van der Waals surface area (Å²) in [5.74, 6) is -2.56. The standard InChI is InChI=1S/C18H20F2N2O/c1-3-12-6-9-16(23)15(10-12)17(21)22-11-13-4-7-14(8-5-13)18(2,19)20/h4-10,23H,3,11H2,1-2H3,(H2,21,22). The van der Waals surface area contributed by atoms with Crippen LogP contribution in [-0.2, 0) is 18.9 Å². The smallest absolute Gasteiger partial charge is 0.270 e. The highest BCUT2D eigenvalue weighted by Gasteiger charge is 2.23. The lowest BCUT2D eigenvalue weighted by Crippen LogP contribution is -2.14. The average Bonchev–Trinajstić information content (AvgIpc) is 2.52. The van der Waals surface area contributed by atoms with Crippen molar-refractivity contribution in [3.63, 3.8) is 0 Å². The van der Waals surface area contributed by atoms with Gasteiger partial charge in [-0.3, -0.25) is 4.99 Å². The number of alkyl halides is 2. The van der Waals surface area contributed by atoms with E-state index < -0.39 is 5.92 Å². The summed E-state index contributed by atoms with van der Waals surface area (Å²) in [6, 6.07) is 11.2. The summed E-state index contributed by atoms with van der Waals surface area (Å²) in [7, 11) is 0. The van der Waals surface area contributed by atoms with Crippen LogP contribution in [0.2, 0.25) is 0 Å². The zero-order chi connectivity index (χ0) is 17.0. The largest absolute Gasteiger partial charge is 0.507 e. The SMILES string of the molecule is CCc1ccc(O)c(C(N)=NCc2ccc(C(C)(F)F)cc2)c1. The Morgan fingerprint density at radius 2 is 1.74 bits per heavy atom. The molecule has 23 heavy (non-hydrogen) atoms. The van der Waals surface area contributed by atoms with Gasteiger partial charge in [0.05, 0.1) is 12.1 Å². The average molecular weight is 318 g/mol. The molecular formula is C18H20F2N2O. The van der Waals surface area contributed by atoms with Gasteiger partial charge in [0.25, 0.3) is 5.92 Å². The summed E-state index contributed by atoms with van der Waals surface area (Å²) in [6.45, 7) is 3.13. The van der Waals surface area contributed by atoms with E-state index in [1.165, 1.54) is 12.1 Å². The molecule has 3 N–H and O–H groups in total. The first-order chi connectivity index (χ1) is 10.8. The second kappa shape index (κ2) is 6.77. The minimum absolute atomic E-state index is 0.0357. The van der Waals surface area contributed by atoms with Crippen LogP contribution in [0.5, 0.6) is 5.75 Å². The molecule has 0 amide bonds. The maximum Gasteiger partial charge on any atom is 0.270 e. The normalized spacial score (nSPS) is 12.4. The van der Waals surface area contributed by atoms with Crippen molar-refractivity contribution in [3.05, 3.63) is 64.7 Å². The molecule has 0 saturated heterocycles. The lowest BCUT2D eigenvalue weighted by Gasteiger charge is -2.10. The number of hydrogen-bond acceptors (Lipinski definition) is 2. The second-order valence-corrected chi connectivity index (χ2v) is 5.49. The fourth-order valence-electron chi connectivity index (χ4n) is 2.17. The Balaban J connectivity index is 2.16. The van der Waals surface area contributed by atoms with E-state index in [1.807, 2.05) is 13.0 Å². The van der Waals surface area contributed by atoms with Crippen LogP contribution in [0.3, 0.4) is 0 Å². The first-order valence-corrected chi connectivity index (χ1v) is 7.40. The van der Waals surface area contributed by atoms with E-state index in [9.17, 15) is 13.9 Å². The number of aliphatic imine (C=N–C) groups is 1. The highest BCUT2D eigenvalue weighted by atomic mass is 19.3. The van der Waals surface area contributed by atoms with Crippen molar-refractivity contribution in [1.82, 2.24) is 0 Å². The zero-order valence-electron chi connectivity index (χ0n) is 13.2. The first kappa shape index (κ1) is 16.9. The van der Waals surface area contributed by atoms with E-state index in [0.29, 0.717) is 5.56 Å². The van der Waals surface area contributed by atoms with Crippen LogP contribution in [0, 0.1) is 0 Å².